The van der Waals surface area contributed by atoms with Crippen LogP contribution in [-0.2, 0) is 25.7 Å². The van der Waals surface area contributed by atoms with Crippen LogP contribution < -0.4 is 10.1 Å². The summed E-state index contributed by atoms with van der Waals surface area (Å²) in [4.78, 5) is 51.7. The van der Waals surface area contributed by atoms with Gasteiger partial charge in [-0.2, -0.15) is 8.78 Å². The highest BCUT2D eigenvalue weighted by Gasteiger charge is 2.29. The maximum atomic E-state index is 13.8. The third-order valence-electron chi connectivity index (χ3n) is 5.56. The van der Waals surface area contributed by atoms with Crippen molar-refractivity contribution in [2.45, 2.75) is 19.0 Å². The largest absolute Gasteiger partial charge is 0.481 e. The Hall–Kier alpha value is -3.71. The summed E-state index contributed by atoms with van der Waals surface area (Å²) >= 11 is 5.97. The Balaban J connectivity index is 1.56. The van der Waals surface area contributed by atoms with Crippen LogP contribution >= 0.6 is 11.6 Å². The van der Waals surface area contributed by atoms with E-state index in [0.717, 1.165) is 5.56 Å². The summed E-state index contributed by atoms with van der Waals surface area (Å²) in [5.41, 5.74) is 0.898. The van der Waals surface area contributed by atoms with Gasteiger partial charge in [0.05, 0.1) is 19.5 Å². The topological polar surface area (TPSA) is 116 Å². The highest BCUT2D eigenvalue weighted by molar-refractivity contribution is 6.30. The summed E-state index contributed by atoms with van der Waals surface area (Å²) in [6.45, 7) is -0.609. The molecule has 1 unspecified atom stereocenters. The van der Waals surface area contributed by atoms with E-state index in [9.17, 15) is 36.7 Å². The molecule has 1 fully saturated rings. The van der Waals surface area contributed by atoms with Crippen LogP contribution in [0.2, 0.25) is 5.02 Å². The predicted octanol–water partition coefficient (Wildman–Crippen LogP) is 2.15. The number of benzene rings is 2. The van der Waals surface area contributed by atoms with E-state index >= 15 is 0 Å². The summed E-state index contributed by atoms with van der Waals surface area (Å²) in [6, 6.07) is 5.37. The first-order valence-electron chi connectivity index (χ1n) is 11.2. The molecule has 2 amide bonds. The van der Waals surface area contributed by atoms with E-state index in [1.54, 1.807) is 18.2 Å². The second-order valence-corrected chi connectivity index (χ2v) is 8.86. The number of nitrogens with zero attached hydrogens (tertiary/aromatic N) is 2. The van der Waals surface area contributed by atoms with Gasteiger partial charge in [-0.05, 0) is 17.7 Å². The number of carboxylic acid groups (broad SMARTS) is 1. The number of ether oxygens (including phenoxy) is 1. The quantitative estimate of drug-likeness (QED) is 0.320. The number of carbonyl (C=O) groups is 4. The molecule has 9 nitrogen and oxygen atoms in total. The van der Waals surface area contributed by atoms with Gasteiger partial charge in [-0.3, -0.25) is 24.1 Å². The molecule has 1 aliphatic heterocycles. The lowest BCUT2D eigenvalue weighted by atomic mass is 10.1. The Labute approximate surface area is 218 Å². The summed E-state index contributed by atoms with van der Waals surface area (Å²) < 4.78 is 58.7. The maximum Gasteiger partial charge on any atom is 0.305 e. The van der Waals surface area contributed by atoms with Crippen LogP contribution in [0.1, 0.15) is 12.0 Å². The van der Waals surface area contributed by atoms with E-state index in [1.807, 2.05) is 11.0 Å². The van der Waals surface area contributed by atoms with Gasteiger partial charge < -0.3 is 20.1 Å². The number of piperazine rings is 1. The Kier molecular flexibility index (Phi) is 9.64. The van der Waals surface area contributed by atoms with Crippen molar-refractivity contribution >= 4 is 35.2 Å². The first-order chi connectivity index (χ1) is 17.9. The molecule has 3 rings (SSSR count). The highest BCUT2D eigenvalue weighted by atomic mass is 35.5. The number of halogens is 5. The number of hydrogen-bond donors (Lipinski definition) is 2. The van der Waals surface area contributed by atoms with E-state index in [0.29, 0.717) is 18.1 Å². The second kappa shape index (κ2) is 12.7. The highest BCUT2D eigenvalue weighted by Crippen LogP contribution is 2.26. The van der Waals surface area contributed by atoms with Crippen molar-refractivity contribution in [3.05, 3.63) is 64.2 Å². The zero-order chi connectivity index (χ0) is 28.0. The molecular formula is C24H22ClF4N3O6. The van der Waals surface area contributed by atoms with Crippen molar-refractivity contribution in [2.75, 3.05) is 32.8 Å². The second-order valence-electron chi connectivity index (χ2n) is 8.43. The fourth-order valence-electron chi connectivity index (χ4n) is 3.71. The Bertz CT molecular complexity index is 1220. The van der Waals surface area contributed by atoms with Gasteiger partial charge in [0.2, 0.25) is 23.4 Å². The molecule has 14 heteroatoms. The third kappa shape index (κ3) is 7.65. The number of aliphatic carboxylic acids is 1. The normalized spacial score (nSPS) is 14.8. The molecule has 0 saturated carbocycles. The van der Waals surface area contributed by atoms with Gasteiger partial charge in [-0.15, -0.1) is 0 Å². The number of hydrogen-bond acceptors (Lipinski definition) is 6. The number of nitrogens with one attached hydrogen (secondary N) is 1. The Morgan fingerprint density at radius 2 is 1.76 bits per heavy atom. The molecule has 0 bridgehead atoms. The van der Waals surface area contributed by atoms with E-state index in [-0.39, 0.29) is 25.1 Å². The van der Waals surface area contributed by atoms with E-state index in [4.69, 9.17) is 16.7 Å². The third-order valence-corrected chi connectivity index (χ3v) is 5.80. The fourth-order valence-corrected chi connectivity index (χ4v) is 3.92. The monoisotopic (exact) mass is 559 g/mol. The summed E-state index contributed by atoms with van der Waals surface area (Å²) in [7, 11) is 0. The molecule has 0 aromatic heterocycles. The zero-order valence-electron chi connectivity index (χ0n) is 19.7. The van der Waals surface area contributed by atoms with Crippen LogP contribution in [0.15, 0.2) is 30.3 Å². The van der Waals surface area contributed by atoms with Gasteiger partial charge >= 0.3 is 5.97 Å². The minimum Gasteiger partial charge on any atom is -0.481 e. The Morgan fingerprint density at radius 1 is 1.08 bits per heavy atom. The summed E-state index contributed by atoms with van der Waals surface area (Å²) in [5, 5.41) is 11.8. The smallest absolute Gasteiger partial charge is 0.305 e. The molecular weight excluding hydrogens is 538 g/mol. The Morgan fingerprint density at radius 3 is 2.37 bits per heavy atom. The number of rotatable bonds is 11. The molecule has 2 aromatic carbocycles. The van der Waals surface area contributed by atoms with Crippen LogP contribution in [-0.4, -0.2) is 77.3 Å². The van der Waals surface area contributed by atoms with E-state index in [1.165, 1.54) is 4.90 Å². The lowest BCUT2D eigenvalue weighted by Gasteiger charge is -2.34. The molecule has 2 N–H and O–H groups in total. The standard InChI is InChI=1S/C24H22ClF4N3O6/c25-14-3-1-2-13(6-14)9-31-4-5-32(20(35)11-31)10-19(34)30-17(8-21(36)37)18(33)12-38-24-22(28)15(26)7-16(27)23(24)29/h1-3,6-7,17H,4-5,8-12H2,(H,30,34)(H,36,37). The SMILES string of the molecule is O=C(O)CC(NC(=O)CN1CCN(Cc2cccc(Cl)c2)CC1=O)C(=O)COc1c(F)c(F)cc(F)c1F. The average Bonchev–Trinajstić information content (AvgIpc) is 2.83. The van der Waals surface area contributed by atoms with Crippen molar-refractivity contribution in [1.82, 2.24) is 15.1 Å². The van der Waals surface area contributed by atoms with Gasteiger partial charge in [-0.25, -0.2) is 8.78 Å². The molecule has 2 aromatic rings. The number of carboxylic acids is 1. The first-order valence-corrected chi connectivity index (χ1v) is 11.6. The van der Waals surface area contributed by atoms with Gasteiger partial charge in [0.15, 0.2) is 23.2 Å². The van der Waals surface area contributed by atoms with E-state index in [2.05, 4.69) is 10.1 Å². The molecule has 0 spiro atoms. The first kappa shape index (κ1) is 28.9. The molecule has 0 aliphatic carbocycles. The lowest BCUT2D eigenvalue weighted by Crippen LogP contribution is -2.54. The number of Topliss-reactive ketones (excluding diaryl/α,β-unsaturated/α-hetero) is 1. The lowest BCUT2D eigenvalue weighted by molar-refractivity contribution is -0.143. The molecule has 0 radical (unpaired) electrons. The molecule has 1 heterocycles. The van der Waals surface area contributed by atoms with Crippen molar-refractivity contribution in [1.29, 1.82) is 0 Å². The zero-order valence-corrected chi connectivity index (χ0v) is 20.4. The fraction of sp³-hybridized carbons (Fsp3) is 0.333. The number of amides is 2. The number of carbonyl (C=O) groups excluding carboxylic acids is 3. The maximum absolute atomic E-state index is 13.8. The van der Waals surface area contributed by atoms with Crippen LogP contribution in [0.4, 0.5) is 17.6 Å². The number of ketones is 1. The van der Waals surface area contributed by atoms with Crippen molar-refractivity contribution < 1.29 is 46.6 Å². The van der Waals surface area contributed by atoms with Gasteiger partial charge in [-0.1, -0.05) is 23.7 Å². The van der Waals surface area contributed by atoms with Gasteiger partial charge in [0, 0.05) is 30.7 Å². The average molecular weight is 560 g/mol. The summed E-state index contributed by atoms with van der Waals surface area (Å²) in [6.07, 6.45) is -0.919. The summed E-state index contributed by atoms with van der Waals surface area (Å²) in [5.74, 6) is -12.7. The molecule has 1 atom stereocenters. The molecule has 204 valence electrons. The van der Waals surface area contributed by atoms with Crippen LogP contribution in [0.5, 0.6) is 5.75 Å². The van der Waals surface area contributed by atoms with E-state index < -0.39 is 72.3 Å². The van der Waals surface area contributed by atoms with Crippen LogP contribution in [0.3, 0.4) is 0 Å². The van der Waals surface area contributed by atoms with Gasteiger partial charge in [0.1, 0.15) is 12.6 Å². The minimum absolute atomic E-state index is 0.00639. The molecule has 1 aliphatic rings. The van der Waals surface area contributed by atoms with Crippen LogP contribution in [0.25, 0.3) is 0 Å². The van der Waals surface area contributed by atoms with Crippen molar-refractivity contribution in [2.24, 2.45) is 0 Å². The predicted molar refractivity (Wildman–Crippen MR) is 124 cm³/mol. The van der Waals surface area contributed by atoms with Crippen molar-refractivity contribution in [3.8, 4) is 5.75 Å². The van der Waals surface area contributed by atoms with Gasteiger partial charge in [0.25, 0.3) is 0 Å². The van der Waals surface area contributed by atoms with Crippen molar-refractivity contribution in [3.63, 3.8) is 0 Å². The molecule has 38 heavy (non-hydrogen) atoms. The minimum atomic E-state index is -1.89. The van der Waals surface area contributed by atoms with Crippen LogP contribution in [0, 0.1) is 23.3 Å². The molecule has 1 saturated heterocycles.